The Kier molecular flexibility index (Phi) is 6.47. The van der Waals surface area contributed by atoms with Crippen molar-refractivity contribution in [2.24, 2.45) is 56.2 Å². The molecule has 5 heteroatoms. The van der Waals surface area contributed by atoms with E-state index in [0.717, 1.165) is 25.4 Å². The largest absolute Gasteiger partial charge is 0.478 e. The highest BCUT2D eigenvalue weighted by Gasteiger charge is 2.73. The first-order valence-electron chi connectivity index (χ1n) is 17.3. The molecule has 0 aromatic heterocycles. The molecule has 5 aliphatic carbocycles. The number of esters is 1. The van der Waals surface area contributed by atoms with Crippen molar-refractivity contribution in [2.75, 3.05) is 6.61 Å². The van der Waals surface area contributed by atoms with Gasteiger partial charge in [-0.3, -0.25) is 0 Å². The molecule has 5 nitrogen and oxygen atoms in total. The van der Waals surface area contributed by atoms with Crippen LogP contribution in [0, 0.1) is 56.2 Å². The van der Waals surface area contributed by atoms with Gasteiger partial charge < -0.3 is 14.6 Å². The van der Waals surface area contributed by atoms with Gasteiger partial charge in [0, 0.05) is 5.41 Å². The number of carbonyl (C=O) groups is 2. The molecular formula is C38H54O5. The van der Waals surface area contributed by atoms with Crippen LogP contribution in [0.1, 0.15) is 133 Å². The topological polar surface area (TPSA) is 72.8 Å². The highest BCUT2D eigenvalue weighted by atomic mass is 16.5. The SMILES string of the molecule is CC1(C)CC[C@@]23CC[C@]4(C)C(CC[C@@H]5[C@]6(C)CC[C@@H](OC(=O)c7ccccc7C(=O)O)C(C)(C)[C@H]6CC[C@@]54C)[C@@H]2[C@@H]1OC3. The zero-order chi connectivity index (χ0) is 30.8. The summed E-state index contributed by atoms with van der Waals surface area (Å²) >= 11 is 0. The quantitative estimate of drug-likeness (QED) is 0.356. The van der Waals surface area contributed by atoms with Crippen molar-refractivity contribution in [3.63, 3.8) is 0 Å². The summed E-state index contributed by atoms with van der Waals surface area (Å²) in [4.78, 5) is 25.2. The van der Waals surface area contributed by atoms with E-state index in [1.165, 1.54) is 57.4 Å². The Labute approximate surface area is 258 Å². The molecule has 1 aromatic rings. The lowest BCUT2D eigenvalue weighted by Crippen LogP contribution is -2.68. The van der Waals surface area contributed by atoms with Gasteiger partial charge in [-0.2, -0.15) is 0 Å². The Morgan fingerprint density at radius 1 is 0.791 bits per heavy atom. The molecule has 1 unspecified atom stereocenters. The van der Waals surface area contributed by atoms with Crippen molar-refractivity contribution in [1.82, 2.24) is 0 Å². The minimum atomic E-state index is -1.09. The average molecular weight is 591 g/mol. The van der Waals surface area contributed by atoms with E-state index in [1.54, 1.807) is 18.2 Å². The van der Waals surface area contributed by atoms with Crippen LogP contribution in [0.15, 0.2) is 24.3 Å². The van der Waals surface area contributed by atoms with Crippen LogP contribution < -0.4 is 0 Å². The lowest BCUT2D eigenvalue weighted by Gasteiger charge is -2.73. The molecule has 1 aromatic carbocycles. The second-order valence-electron chi connectivity index (χ2n) is 17.9. The minimum absolute atomic E-state index is 0.0128. The van der Waals surface area contributed by atoms with E-state index in [9.17, 15) is 14.7 Å². The van der Waals surface area contributed by atoms with Gasteiger partial charge in [0.05, 0.1) is 23.8 Å². The molecule has 2 bridgehead atoms. The van der Waals surface area contributed by atoms with E-state index in [-0.39, 0.29) is 33.5 Å². The molecule has 1 aliphatic heterocycles. The standard InChI is InChI=1S/C38H54O5/c1-33(2)18-20-38-21-19-36(6)25(29(38)30(33)42-22-38)12-13-27-35(5)16-15-28(34(3,4)26(35)14-17-37(27,36)7)43-32(41)24-11-9-8-10-23(24)31(39)40/h8-11,25-30H,12-22H2,1-7H3,(H,39,40)/t25?,26-,27-,28-,29-,30+,35-,36-,37+,38+/m1/s1. The van der Waals surface area contributed by atoms with Crippen LogP contribution >= 0.6 is 0 Å². The highest BCUT2D eigenvalue weighted by molar-refractivity contribution is 6.02. The number of hydrogen-bond acceptors (Lipinski definition) is 4. The molecule has 0 radical (unpaired) electrons. The van der Waals surface area contributed by atoms with Gasteiger partial charge in [-0.15, -0.1) is 0 Å². The Morgan fingerprint density at radius 2 is 1.49 bits per heavy atom. The molecule has 0 spiro atoms. The Balaban J connectivity index is 1.16. The van der Waals surface area contributed by atoms with Crippen molar-refractivity contribution in [1.29, 1.82) is 0 Å². The zero-order valence-corrected chi connectivity index (χ0v) is 27.6. The number of aromatic carboxylic acids is 1. The number of fused-ring (bicyclic) bond motifs is 5. The fraction of sp³-hybridized carbons (Fsp3) is 0.789. The molecule has 10 atom stereocenters. The van der Waals surface area contributed by atoms with Crippen molar-refractivity contribution in [3.8, 4) is 0 Å². The predicted molar refractivity (Wildman–Crippen MR) is 167 cm³/mol. The summed E-state index contributed by atoms with van der Waals surface area (Å²) in [6.45, 7) is 18.5. The maximum Gasteiger partial charge on any atom is 0.339 e. The molecule has 1 saturated heterocycles. The summed E-state index contributed by atoms with van der Waals surface area (Å²) in [6.07, 6.45) is 12.4. The molecule has 1 N–H and O–H groups in total. The van der Waals surface area contributed by atoms with Gasteiger partial charge in [0.2, 0.25) is 0 Å². The van der Waals surface area contributed by atoms with Gasteiger partial charge in [0.1, 0.15) is 6.10 Å². The minimum Gasteiger partial charge on any atom is -0.478 e. The van der Waals surface area contributed by atoms with Crippen LogP contribution in [-0.2, 0) is 9.47 Å². The summed E-state index contributed by atoms with van der Waals surface area (Å²) in [6, 6.07) is 6.43. The third-order valence-electron chi connectivity index (χ3n) is 15.7. The Hall–Kier alpha value is -1.88. The van der Waals surface area contributed by atoms with E-state index in [1.807, 2.05) is 0 Å². The monoisotopic (exact) mass is 590 g/mol. The third kappa shape index (κ3) is 3.85. The highest BCUT2D eigenvalue weighted by Crippen LogP contribution is 2.78. The number of carboxylic acid groups (broad SMARTS) is 1. The van der Waals surface area contributed by atoms with Crippen molar-refractivity contribution in [3.05, 3.63) is 35.4 Å². The second kappa shape index (κ2) is 9.33. The van der Waals surface area contributed by atoms with Crippen LogP contribution in [0.25, 0.3) is 0 Å². The number of carboxylic acids is 1. The summed E-state index contributed by atoms with van der Waals surface area (Å²) in [5.41, 5.74) is 1.49. The lowest BCUT2D eigenvalue weighted by atomic mass is 9.31. The first-order chi connectivity index (χ1) is 20.1. The smallest absolute Gasteiger partial charge is 0.339 e. The van der Waals surface area contributed by atoms with Crippen LogP contribution in [0.2, 0.25) is 0 Å². The van der Waals surface area contributed by atoms with Crippen molar-refractivity contribution in [2.45, 2.75) is 125 Å². The van der Waals surface area contributed by atoms with E-state index < -0.39 is 11.9 Å². The molecule has 5 saturated carbocycles. The Morgan fingerprint density at radius 3 is 2.21 bits per heavy atom. The second-order valence-corrected chi connectivity index (χ2v) is 17.9. The van der Waals surface area contributed by atoms with Crippen LogP contribution in [0.4, 0.5) is 0 Å². The van der Waals surface area contributed by atoms with Gasteiger partial charge in [-0.25, -0.2) is 9.59 Å². The van der Waals surface area contributed by atoms with Crippen LogP contribution in [-0.4, -0.2) is 35.9 Å². The zero-order valence-electron chi connectivity index (χ0n) is 27.6. The predicted octanol–water partition coefficient (Wildman–Crippen LogP) is 8.80. The fourth-order valence-corrected chi connectivity index (χ4v) is 13.2. The number of ether oxygens (including phenoxy) is 2. The van der Waals surface area contributed by atoms with Crippen molar-refractivity contribution < 1.29 is 24.2 Å². The van der Waals surface area contributed by atoms with Crippen LogP contribution in [0.3, 0.4) is 0 Å². The molecule has 43 heavy (non-hydrogen) atoms. The van der Waals surface area contributed by atoms with Gasteiger partial charge in [0.25, 0.3) is 0 Å². The van der Waals surface area contributed by atoms with E-state index in [2.05, 4.69) is 48.5 Å². The molecule has 1 heterocycles. The normalized spacial score (nSPS) is 47.3. The van der Waals surface area contributed by atoms with Gasteiger partial charge in [-0.05, 0) is 127 Å². The lowest BCUT2D eigenvalue weighted by molar-refractivity contribution is -0.252. The summed E-state index contributed by atoms with van der Waals surface area (Å²) in [5, 5.41) is 9.66. The average Bonchev–Trinajstić information content (AvgIpc) is 3.29. The van der Waals surface area contributed by atoms with E-state index in [0.29, 0.717) is 40.1 Å². The summed E-state index contributed by atoms with van der Waals surface area (Å²) < 4.78 is 13.0. The van der Waals surface area contributed by atoms with Gasteiger partial charge in [0.15, 0.2) is 0 Å². The molecule has 6 fully saturated rings. The van der Waals surface area contributed by atoms with E-state index in [4.69, 9.17) is 9.47 Å². The Bertz CT molecular complexity index is 1330. The number of rotatable bonds is 3. The molecule has 7 rings (SSSR count). The number of hydrogen-bond donors (Lipinski definition) is 1. The molecule has 0 amide bonds. The number of benzene rings is 1. The molecule has 6 aliphatic rings. The summed E-state index contributed by atoms with van der Waals surface area (Å²) in [7, 11) is 0. The first kappa shape index (κ1) is 29.8. The maximum atomic E-state index is 13.4. The van der Waals surface area contributed by atoms with E-state index >= 15 is 0 Å². The molecular weight excluding hydrogens is 536 g/mol. The van der Waals surface area contributed by atoms with Gasteiger partial charge in [-0.1, -0.05) is 60.6 Å². The third-order valence-corrected chi connectivity index (χ3v) is 15.7. The van der Waals surface area contributed by atoms with Gasteiger partial charge >= 0.3 is 11.9 Å². The number of carbonyl (C=O) groups excluding carboxylic acids is 1. The molecule has 236 valence electrons. The maximum absolute atomic E-state index is 13.4. The fourth-order valence-electron chi connectivity index (χ4n) is 13.2. The van der Waals surface area contributed by atoms with Crippen molar-refractivity contribution >= 4 is 11.9 Å². The van der Waals surface area contributed by atoms with Crippen LogP contribution in [0.5, 0.6) is 0 Å². The summed E-state index contributed by atoms with van der Waals surface area (Å²) in [5.74, 6) is 0.976. The first-order valence-corrected chi connectivity index (χ1v) is 17.3.